The van der Waals surface area contributed by atoms with Gasteiger partial charge in [0.15, 0.2) is 0 Å². The Balaban J connectivity index is 1.89. The van der Waals surface area contributed by atoms with E-state index in [1.807, 2.05) is 25.1 Å². The molecule has 0 amide bonds. The summed E-state index contributed by atoms with van der Waals surface area (Å²) in [6.07, 6.45) is 2.33. The molecule has 2 aromatic rings. The summed E-state index contributed by atoms with van der Waals surface area (Å²) in [5, 5.41) is 0. The number of ether oxygens (including phenoxy) is 1. The van der Waals surface area contributed by atoms with E-state index in [0.717, 1.165) is 11.3 Å². The Kier molecular flexibility index (Phi) is 4.13. The lowest BCUT2D eigenvalue weighted by molar-refractivity contribution is 0.0508. The lowest BCUT2D eigenvalue weighted by Gasteiger charge is -2.06. The Labute approximate surface area is 112 Å². The summed E-state index contributed by atoms with van der Waals surface area (Å²) in [4.78, 5) is 16.0. The average molecular weight is 256 g/mol. The third kappa shape index (κ3) is 3.55. The number of pyridine rings is 1. The minimum atomic E-state index is -0.334. The fraction of sp³-hybridized carbons (Fsp3) is 0.200. The fourth-order valence-corrected chi connectivity index (χ4v) is 1.68. The van der Waals surface area contributed by atoms with Crippen molar-refractivity contribution in [3.8, 4) is 0 Å². The maximum absolute atomic E-state index is 11.8. The number of aryl methyl sites for hydroxylation is 1. The Morgan fingerprint density at radius 2 is 2.16 bits per heavy atom. The second-order valence-electron chi connectivity index (χ2n) is 4.28. The first-order valence-electron chi connectivity index (χ1n) is 6.10. The first kappa shape index (κ1) is 13.1. The molecule has 0 unspecified atom stereocenters. The number of aromatic nitrogens is 1. The zero-order valence-electron chi connectivity index (χ0n) is 10.8. The van der Waals surface area contributed by atoms with Gasteiger partial charge in [-0.25, -0.2) is 4.79 Å². The third-order valence-corrected chi connectivity index (χ3v) is 2.82. The third-order valence-electron chi connectivity index (χ3n) is 2.82. The zero-order valence-corrected chi connectivity index (χ0v) is 10.8. The van der Waals surface area contributed by atoms with Crippen LogP contribution in [-0.2, 0) is 11.2 Å². The van der Waals surface area contributed by atoms with E-state index in [9.17, 15) is 4.79 Å². The monoisotopic (exact) mass is 256 g/mol. The molecule has 4 heteroatoms. The van der Waals surface area contributed by atoms with E-state index < -0.39 is 0 Å². The van der Waals surface area contributed by atoms with E-state index in [1.165, 1.54) is 0 Å². The summed E-state index contributed by atoms with van der Waals surface area (Å²) in [6, 6.07) is 10.8. The number of nitrogen functional groups attached to an aromatic ring is 1. The molecule has 0 saturated heterocycles. The average Bonchev–Trinajstić information content (AvgIpc) is 2.43. The molecule has 1 heterocycles. The Hall–Kier alpha value is -2.36. The second kappa shape index (κ2) is 6.00. The van der Waals surface area contributed by atoms with Crippen molar-refractivity contribution in [3.05, 3.63) is 59.4 Å². The highest BCUT2D eigenvalue weighted by Crippen LogP contribution is 2.13. The van der Waals surface area contributed by atoms with Crippen LogP contribution in [0.2, 0.25) is 0 Å². The van der Waals surface area contributed by atoms with E-state index >= 15 is 0 Å². The van der Waals surface area contributed by atoms with Crippen LogP contribution in [0.25, 0.3) is 0 Å². The number of hydrogen-bond donors (Lipinski definition) is 1. The molecule has 2 N–H and O–H groups in total. The molecule has 0 radical (unpaired) electrons. The van der Waals surface area contributed by atoms with Crippen LogP contribution in [0, 0.1) is 6.92 Å². The number of carbonyl (C=O) groups is 1. The summed E-state index contributed by atoms with van der Waals surface area (Å²) in [7, 11) is 0. The van der Waals surface area contributed by atoms with Crippen LogP contribution in [0.4, 0.5) is 5.69 Å². The van der Waals surface area contributed by atoms with Crippen molar-refractivity contribution in [3.63, 3.8) is 0 Å². The summed E-state index contributed by atoms with van der Waals surface area (Å²) in [6.45, 7) is 2.18. The van der Waals surface area contributed by atoms with Crippen LogP contribution in [0.3, 0.4) is 0 Å². The van der Waals surface area contributed by atoms with E-state index in [-0.39, 0.29) is 5.97 Å². The summed E-state index contributed by atoms with van der Waals surface area (Å²) in [5.41, 5.74) is 8.68. The Bertz CT molecular complexity index is 568. The number of benzene rings is 1. The molecule has 0 aliphatic heterocycles. The first-order valence-corrected chi connectivity index (χ1v) is 6.10. The van der Waals surface area contributed by atoms with Gasteiger partial charge in [-0.3, -0.25) is 4.98 Å². The van der Waals surface area contributed by atoms with Crippen LogP contribution in [0.1, 0.15) is 21.6 Å². The number of anilines is 1. The van der Waals surface area contributed by atoms with Gasteiger partial charge in [0.1, 0.15) is 0 Å². The number of esters is 1. The van der Waals surface area contributed by atoms with Crippen molar-refractivity contribution in [2.24, 2.45) is 0 Å². The molecule has 0 saturated carbocycles. The van der Waals surface area contributed by atoms with Gasteiger partial charge in [0.05, 0.1) is 12.2 Å². The normalized spacial score (nSPS) is 10.2. The SMILES string of the molecule is Cc1cc(C(=O)OCCc2ccccn2)ccc1N. The minimum absolute atomic E-state index is 0.319. The maximum Gasteiger partial charge on any atom is 0.338 e. The molecule has 0 atom stereocenters. The lowest BCUT2D eigenvalue weighted by Crippen LogP contribution is -2.09. The van der Waals surface area contributed by atoms with Gasteiger partial charge in [0.25, 0.3) is 0 Å². The maximum atomic E-state index is 11.8. The second-order valence-corrected chi connectivity index (χ2v) is 4.28. The van der Waals surface area contributed by atoms with Gasteiger partial charge < -0.3 is 10.5 Å². The Morgan fingerprint density at radius 3 is 2.84 bits per heavy atom. The van der Waals surface area contributed by atoms with Crippen molar-refractivity contribution < 1.29 is 9.53 Å². The molecule has 0 aliphatic rings. The van der Waals surface area contributed by atoms with Crippen LogP contribution in [0.15, 0.2) is 42.6 Å². The standard InChI is InChI=1S/C15H16N2O2/c1-11-10-12(5-6-14(11)16)15(18)19-9-7-13-4-2-3-8-17-13/h2-6,8,10H,7,9,16H2,1H3. The molecule has 0 spiro atoms. The molecule has 1 aromatic carbocycles. The molecule has 4 nitrogen and oxygen atoms in total. The molecule has 0 bridgehead atoms. The fourth-order valence-electron chi connectivity index (χ4n) is 1.68. The van der Waals surface area contributed by atoms with Crippen LogP contribution >= 0.6 is 0 Å². The van der Waals surface area contributed by atoms with Gasteiger partial charge in [-0.05, 0) is 42.8 Å². The molecular formula is C15H16N2O2. The predicted octanol–water partition coefficient (Wildman–Crippen LogP) is 2.37. The summed E-state index contributed by atoms with van der Waals surface area (Å²) >= 11 is 0. The van der Waals surface area contributed by atoms with Gasteiger partial charge in [-0.1, -0.05) is 6.07 Å². The molecule has 2 rings (SSSR count). The topological polar surface area (TPSA) is 65.2 Å². The highest BCUT2D eigenvalue weighted by atomic mass is 16.5. The summed E-state index contributed by atoms with van der Waals surface area (Å²) in [5.74, 6) is -0.334. The van der Waals surface area contributed by atoms with Gasteiger partial charge >= 0.3 is 5.97 Å². The van der Waals surface area contributed by atoms with Crippen molar-refractivity contribution >= 4 is 11.7 Å². The molecule has 0 aliphatic carbocycles. The number of hydrogen-bond acceptors (Lipinski definition) is 4. The van der Waals surface area contributed by atoms with Crippen molar-refractivity contribution in [1.82, 2.24) is 4.98 Å². The first-order chi connectivity index (χ1) is 9.16. The summed E-state index contributed by atoms with van der Waals surface area (Å²) < 4.78 is 5.21. The molecule has 1 aromatic heterocycles. The highest BCUT2D eigenvalue weighted by molar-refractivity contribution is 5.90. The molecule has 0 fully saturated rings. The van der Waals surface area contributed by atoms with E-state index in [1.54, 1.807) is 24.4 Å². The molecular weight excluding hydrogens is 240 g/mol. The van der Waals surface area contributed by atoms with E-state index in [4.69, 9.17) is 10.5 Å². The molecule has 19 heavy (non-hydrogen) atoms. The number of nitrogens with two attached hydrogens (primary N) is 1. The van der Waals surface area contributed by atoms with Crippen molar-refractivity contribution in [2.45, 2.75) is 13.3 Å². The van der Waals surface area contributed by atoms with Crippen molar-refractivity contribution in [1.29, 1.82) is 0 Å². The van der Waals surface area contributed by atoms with Crippen molar-refractivity contribution in [2.75, 3.05) is 12.3 Å². The van der Waals surface area contributed by atoms with Crippen LogP contribution < -0.4 is 5.73 Å². The Morgan fingerprint density at radius 1 is 1.32 bits per heavy atom. The van der Waals surface area contributed by atoms with Crippen LogP contribution in [0.5, 0.6) is 0 Å². The zero-order chi connectivity index (χ0) is 13.7. The van der Waals surface area contributed by atoms with Gasteiger partial charge in [-0.15, -0.1) is 0 Å². The highest BCUT2D eigenvalue weighted by Gasteiger charge is 2.08. The predicted molar refractivity (Wildman–Crippen MR) is 73.8 cm³/mol. The number of rotatable bonds is 4. The minimum Gasteiger partial charge on any atom is -0.462 e. The van der Waals surface area contributed by atoms with E-state index in [0.29, 0.717) is 24.3 Å². The van der Waals surface area contributed by atoms with Gasteiger partial charge in [0, 0.05) is 24.0 Å². The number of carbonyl (C=O) groups excluding carboxylic acids is 1. The van der Waals surface area contributed by atoms with E-state index in [2.05, 4.69) is 4.98 Å². The lowest BCUT2D eigenvalue weighted by atomic mass is 10.1. The van der Waals surface area contributed by atoms with Gasteiger partial charge in [-0.2, -0.15) is 0 Å². The largest absolute Gasteiger partial charge is 0.462 e. The van der Waals surface area contributed by atoms with Crippen LogP contribution in [-0.4, -0.2) is 17.6 Å². The smallest absolute Gasteiger partial charge is 0.338 e. The van der Waals surface area contributed by atoms with Gasteiger partial charge in [0.2, 0.25) is 0 Å². The number of nitrogens with zero attached hydrogens (tertiary/aromatic N) is 1. The molecule has 98 valence electrons. The quantitative estimate of drug-likeness (QED) is 0.673.